The van der Waals surface area contributed by atoms with E-state index in [1.807, 2.05) is 0 Å². The zero-order valence-electron chi connectivity index (χ0n) is 4.61. The van der Waals surface area contributed by atoms with E-state index in [1.165, 1.54) is 0 Å². The Morgan fingerprint density at radius 2 is 0.333 bits per heavy atom. The first-order valence-electron chi connectivity index (χ1n) is 0. The topological polar surface area (TPSA) is 0 Å². The third-order valence-electron chi connectivity index (χ3n) is 0. The second-order valence-corrected chi connectivity index (χ2v) is 0. The second-order valence-electron chi connectivity index (χ2n) is 0. The van der Waals surface area contributed by atoms with Crippen molar-refractivity contribution in [2.75, 3.05) is 0 Å². The van der Waals surface area contributed by atoms with Crippen LogP contribution in [-0.4, -0.2) is 132 Å². The van der Waals surface area contributed by atoms with Crippen molar-refractivity contribution in [3.8, 4) is 0 Å². The average molecular weight is 489 g/mol. The van der Waals surface area contributed by atoms with Crippen LogP contribution in [-0.2, 0) is 67.5 Å². The predicted octanol–water partition coefficient (Wildman–Crippen LogP) is -1.54. The molecule has 0 nitrogen and oxygen atoms in total. The molecule has 0 aromatic heterocycles. The quantitative estimate of drug-likeness (QED) is 0.363. The van der Waals surface area contributed by atoms with Gasteiger partial charge in [-0.3, -0.25) is 0 Å². The van der Waals surface area contributed by atoms with E-state index >= 15 is 0 Å². The molecular weight excluding hydrogens is 489 g/mol. The van der Waals surface area contributed by atoms with Crippen molar-refractivity contribution >= 4 is 200 Å². The molecule has 0 unspecified atom stereocenters. The van der Waals surface area contributed by atoms with E-state index in [4.69, 9.17) is 0 Å². The minimum Gasteiger partial charge on any atom is -2.00 e. The summed E-state index contributed by atoms with van der Waals surface area (Å²) < 4.78 is 0. The van der Waals surface area contributed by atoms with Crippen molar-refractivity contribution in [2.24, 2.45) is 0 Å². The Labute approximate surface area is 194 Å². The van der Waals surface area contributed by atoms with Gasteiger partial charge in [0.1, 0.15) is 0 Å². The van der Waals surface area contributed by atoms with Crippen LogP contribution in [0, 0.1) is 0 Å². The molecule has 0 spiro atoms. The Bertz CT molecular complexity index is 12.9. The first-order chi connectivity index (χ1) is 0. The van der Waals surface area contributed by atoms with Gasteiger partial charge < -0.3 is 67.5 Å². The molecule has 0 aliphatic carbocycles. The zero-order valence-corrected chi connectivity index (χ0v) is 19.9. The number of hydrogen-bond acceptors (Lipinski definition) is 0. The predicted molar refractivity (Wildman–Crippen MR) is 59.8 cm³/mol. The molecule has 0 heterocycles. The van der Waals surface area contributed by atoms with Crippen molar-refractivity contribution in [3.63, 3.8) is 0 Å². The van der Waals surface area contributed by atoms with E-state index in [2.05, 4.69) is 0 Å². The molecule has 0 aromatic rings. The van der Waals surface area contributed by atoms with Crippen LogP contribution in [0.15, 0.2) is 0 Å². The van der Waals surface area contributed by atoms with Gasteiger partial charge in [0.25, 0.3) is 0 Å². The van der Waals surface area contributed by atoms with Gasteiger partial charge in [-0.25, -0.2) is 0 Å². The van der Waals surface area contributed by atoms with Crippen molar-refractivity contribution in [1.29, 1.82) is 0 Å². The van der Waals surface area contributed by atoms with Gasteiger partial charge in [0, 0.05) is 0 Å². The van der Waals surface area contributed by atoms with E-state index in [1.54, 1.807) is 0 Å². The Morgan fingerprint density at radius 1 is 0.333 bits per heavy atom. The molecule has 0 aromatic carbocycles. The fourth-order valence-electron chi connectivity index (χ4n) is 0. The van der Waals surface area contributed by atoms with Crippen molar-refractivity contribution in [1.82, 2.24) is 0 Å². The number of hydrogen-bond donors (Lipinski definition) is 0. The van der Waals surface area contributed by atoms with Crippen molar-refractivity contribution < 1.29 is 0 Å². The summed E-state index contributed by atoms with van der Waals surface area (Å²) in [7, 11) is 0. The molecule has 0 aliphatic rings. The van der Waals surface area contributed by atoms with Gasteiger partial charge in [-0.2, -0.15) is 0 Å². The zero-order chi connectivity index (χ0) is 0. The molecule has 0 fully saturated rings. The maximum absolute atomic E-state index is 0. The van der Waals surface area contributed by atoms with E-state index < -0.39 is 0 Å². The summed E-state index contributed by atoms with van der Waals surface area (Å²) >= 11 is 0. The molecule has 0 N–H and O–H groups in total. The minimum absolute atomic E-state index is 0. The Balaban J connectivity index is 0. The molecule has 0 atom stereocenters. The molecule has 0 aliphatic heterocycles. The van der Waals surface area contributed by atoms with Gasteiger partial charge in [0.15, 0.2) is 0 Å². The molecule has 0 saturated heterocycles. The first kappa shape index (κ1) is 82.1. The normalized spacial score (nSPS) is 0. The van der Waals surface area contributed by atoms with Crippen LogP contribution in [0.5, 0.6) is 0 Å². The Hall–Kier alpha value is 5.96. The number of rotatable bonds is 0. The van der Waals surface area contributed by atoms with Crippen LogP contribution in [0.4, 0.5) is 0 Å². The summed E-state index contributed by atoms with van der Waals surface area (Å²) in [6.45, 7) is 0. The van der Waals surface area contributed by atoms with Crippen LogP contribution >= 0.6 is 0 Å². The standard InChI is InChI=1S/2Al.2Ba.5S/q2*+3;2*+2;5*-2. The van der Waals surface area contributed by atoms with E-state index in [0.717, 1.165) is 0 Å². The van der Waals surface area contributed by atoms with Gasteiger partial charge in [0.05, 0.1) is 0 Å². The first-order valence-corrected chi connectivity index (χ1v) is 0. The third kappa shape index (κ3) is 56.2. The van der Waals surface area contributed by atoms with Gasteiger partial charge in [0.2, 0.25) is 0 Å². The van der Waals surface area contributed by atoms with Crippen molar-refractivity contribution in [2.45, 2.75) is 0 Å². The molecule has 9 heteroatoms. The van der Waals surface area contributed by atoms with E-state index in [-0.39, 0.29) is 200 Å². The Morgan fingerprint density at radius 3 is 0.333 bits per heavy atom. The largest absolute Gasteiger partial charge is 3.00 e. The average Bonchev–Trinajstić information content (AvgIpc) is 0. The summed E-state index contributed by atoms with van der Waals surface area (Å²) in [4.78, 5) is 0. The van der Waals surface area contributed by atoms with Gasteiger partial charge in [-0.15, -0.1) is 0 Å². The van der Waals surface area contributed by atoms with Gasteiger partial charge in [-0.1, -0.05) is 0 Å². The monoisotopic (exact) mass is 490 g/mol. The van der Waals surface area contributed by atoms with Crippen LogP contribution in [0.3, 0.4) is 0 Å². The van der Waals surface area contributed by atoms with Crippen LogP contribution in [0.2, 0.25) is 0 Å². The van der Waals surface area contributed by atoms with Crippen LogP contribution in [0.25, 0.3) is 0 Å². The molecule has 0 bridgehead atoms. The molecule has 40 valence electrons. The molecule has 9 heavy (non-hydrogen) atoms. The molecule has 0 amide bonds. The summed E-state index contributed by atoms with van der Waals surface area (Å²) in [5.41, 5.74) is 0. The molecular formula is Al2Ba2S5. The maximum atomic E-state index is 0. The SMILES string of the molecule is [Al+3].[Al+3].[Ba+2].[Ba+2].[S-2].[S-2].[S-2].[S-2].[S-2]. The molecule has 0 saturated carbocycles. The van der Waals surface area contributed by atoms with E-state index in [9.17, 15) is 0 Å². The van der Waals surface area contributed by atoms with Crippen LogP contribution in [0.1, 0.15) is 0 Å². The van der Waals surface area contributed by atoms with Crippen LogP contribution < -0.4 is 0 Å². The van der Waals surface area contributed by atoms with Gasteiger partial charge >= 0.3 is 132 Å². The Kier molecular flexibility index (Phi) is 602. The van der Waals surface area contributed by atoms with Crippen molar-refractivity contribution in [3.05, 3.63) is 0 Å². The molecule has 0 radical (unpaired) electrons. The van der Waals surface area contributed by atoms with Gasteiger partial charge in [-0.05, 0) is 0 Å². The summed E-state index contributed by atoms with van der Waals surface area (Å²) in [5, 5.41) is 0. The summed E-state index contributed by atoms with van der Waals surface area (Å²) in [6.07, 6.45) is 0. The fraction of sp³-hybridized carbons (Fsp3) is 0. The third-order valence-corrected chi connectivity index (χ3v) is 0. The maximum Gasteiger partial charge on any atom is 3.00 e. The molecule has 0 rings (SSSR count). The summed E-state index contributed by atoms with van der Waals surface area (Å²) in [6, 6.07) is 0. The smallest absolute Gasteiger partial charge is 2.00 e. The summed E-state index contributed by atoms with van der Waals surface area (Å²) in [5.74, 6) is 0. The van der Waals surface area contributed by atoms with E-state index in [0.29, 0.717) is 0 Å². The second kappa shape index (κ2) is 66.0. The fourth-order valence-corrected chi connectivity index (χ4v) is 0. The minimum atomic E-state index is 0.